The zero-order valence-corrected chi connectivity index (χ0v) is 19.3. The Hall–Kier alpha value is -3.40. The Bertz CT molecular complexity index is 1210. The zero-order chi connectivity index (χ0) is 24.4. The molecule has 0 spiro atoms. The molecule has 2 aliphatic rings. The third kappa shape index (κ3) is 5.32. The fraction of sp³-hybridized carbons (Fsp3) is 0.440. The minimum absolute atomic E-state index is 0.0482. The van der Waals surface area contributed by atoms with Gasteiger partial charge in [0.2, 0.25) is 0 Å². The number of imidazole rings is 1. The number of nitrogens with one attached hydrogen (secondary N) is 1. The van der Waals surface area contributed by atoms with Crippen molar-refractivity contribution in [3.05, 3.63) is 42.2 Å². The molecule has 10 heteroatoms. The summed E-state index contributed by atoms with van der Waals surface area (Å²) >= 11 is 0. The van der Waals surface area contributed by atoms with Gasteiger partial charge in [-0.1, -0.05) is 0 Å². The van der Waals surface area contributed by atoms with Crippen LogP contribution in [0.1, 0.15) is 36.0 Å². The van der Waals surface area contributed by atoms with Gasteiger partial charge in [-0.2, -0.15) is 8.78 Å². The van der Waals surface area contributed by atoms with Crippen molar-refractivity contribution in [3.63, 3.8) is 0 Å². The Labute approximate surface area is 201 Å². The molecule has 2 aromatic heterocycles. The second kappa shape index (κ2) is 10.1. The summed E-state index contributed by atoms with van der Waals surface area (Å²) in [5, 5.41) is 2.80. The molecule has 0 bridgehead atoms. The molecule has 3 aromatic rings. The van der Waals surface area contributed by atoms with E-state index in [4.69, 9.17) is 18.9 Å². The van der Waals surface area contributed by atoms with Gasteiger partial charge in [-0.15, -0.1) is 0 Å². The summed E-state index contributed by atoms with van der Waals surface area (Å²) in [6.07, 6.45) is 7.27. The molecule has 2 fully saturated rings. The number of methoxy groups -OCH3 is 1. The molecule has 186 valence electrons. The van der Waals surface area contributed by atoms with E-state index in [2.05, 4.69) is 10.3 Å². The van der Waals surface area contributed by atoms with Gasteiger partial charge in [0, 0.05) is 36.4 Å². The molecule has 1 aliphatic carbocycles. The molecule has 3 heterocycles. The number of carbonyl (C=O) groups excluding carboxylic acids is 1. The van der Waals surface area contributed by atoms with Gasteiger partial charge in [0.05, 0.1) is 32.2 Å². The van der Waals surface area contributed by atoms with E-state index in [9.17, 15) is 13.6 Å². The maximum Gasteiger partial charge on any atom is 0.387 e. The fourth-order valence-electron chi connectivity index (χ4n) is 4.21. The van der Waals surface area contributed by atoms with Crippen molar-refractivity contribution >= 4 is 11.6 Å². The number of hydrogen-bond acceptors (Lipinski definition) is 6. The summed E-state index contributed by atoms with van der Waals surface area (Å²) in [5.74, 6) is 0.436. The van der Waals surface area contributed by atoms with Crippen molar-refractivity contribution in [2.24, 2.45) is 5.92 Å². The number of carbonyl (C=O) groups is 1. The lowest BCUT2D eigenvalue weighted by atomic mass is 10.0. The van der Waals surface area contributed by atoms with E-state index in [1.807, 2.05) is 12.1 Å². The van der Waals surface area contributed by atoms with Crippen LogP contribution in [0, 0.1) is 5.92 Å². The highest BCUT2D eigenvalue weighted by Gasteiger charge is 2.29. The van der Waals surface area contributed by atoms with Crippen LogP contribution in [-0.4, -0.2) is 54.9 Å². The highest BCUT2D eigenvalue weighted by molar-refractivity contribution is 6.01. The number of fused-ring (bicyclic) bond motifs is 1. The first-order valence-electron chi connectivity index (χ1n) is 11.7. The lowest BCUT2D eigenvalue weighted by molar-refractivity contribution is -0.0502. The molecule has 1 saturated heterocycles. The van der Waals surface area contributed by atoms with Crippen LogP contribution in [0.5, 0.6) is 17.2 Å². The summed E-state index contributed by atoms with van der Waals surface area (Å²) in [6.45, 7) is -1.02. The number of ether oxygens (including phenoxy) is 4. The van der Waals surface area contributed by atoms with Crippen LogP contribution in [0.3, 0.4) is 0 Å². The smallest absolute Gasteiger partial charge is 0.387 e. The Morgan fingerprint density at radius 3 is 2.80 bits per heavy atom. The van der Waals surface area contributed by atoms with Crippen LogP contribution >= 0.6 is 0 Å². The highest BCUT2D eigenvalue weighted by atomic mass is 19.3. The van der Waals surface area contributed by atoms with E-state index >= 15 is 0 Å². The third-order valence-corrected chi connectivity index (χ3v) is 6.16. The first kappa shape index (κ1) is 23.3. The van der Waals surface area contributed by atoms with Crippen LogP contribution in [0.2, 0.25) is 0 Å². The number of alkyl halides is 2. The number of amides is 1. The van der Waals surface area contributed by atoms with Crippen LogP contribution in [0.25, 0.3) is 16.9 Å². The molecule has 8 nitrogen and oxygen atoms in total. The van der Waals surface area contributed by atoms with Gasteiger partial charge in [-0.3, -0.25) is 9.20 Å². The van der Waals surface area contributed by atoms with Crippen molar-refractivity contribution in [1.82, 2.24) is 14.7 Å². The summed E-state index contributed by atoms with van der Waals surface area (Å²) in [5.41, 5.74) is 1.71. The van der Waals surface area contributed by atoms with E-state index in [1.54, 1.807) is 22.9 Å². The van der Waals surface area contributed by atoms with Crippen LogP contribution in [0.15, 0.2) is 36.7 Å². The van der Waals surface area contributed by atoms with E-state index in [1.165, 1.54) is 13.2 Å². The van der Waals surface area contributed by atoms with E-state index in [0.29, 0.717) is 41.8 Å². The number of pyridine rings is 1. The Balaban J connectivity index is 1.44. The average molecular weight is 488 g/mol. The molecular weight excluding hydrogens is 460 g/mol. The molecule has 1 saturated carbocycles. The van der Waals surface area contributed by atoms with Gasteiger partial charge in [-0.05, 0) is 43.9 Å². The average Bonchev–Trinajstić information content (AvgIpc) is 3.57. The Morgan fingerprint density at radius 2 is 2.09 bits per heavy atom. The van der Waals surface area contributed by atoms with E-state index in [0.717, 1.165) is 32.3 Å². The number of rotatable bonds is 9. The first-order chi connectivity index (χ1) is 17.0. The third-order valence-electron chi connectivity index (χ3n) is 6.16. The quantitative estimate of drug-likeness (QED) is 0.484. The summed E-state index contributed by atoms with van der Waals surface area (Å²) in [4.78, 5) is 17.2. The molecule has 1 amide bonds. The lowest BCUT2D eigenvalue weighted by Gasteiger charge is -2.22. The van der Waals surface area contributed by atoms with Crippen molar-refractivity contribution in [2.45, 2.75) is 38.3 Å². The largest absolute Gasteiger partial charge is 0.496 e. The highest BCUT2D eigenvalue weighted by Crippen LogP contribution is 2.37. The Morgan fingerprint density at radius 1 is 1.26 bits per heavy atom. The van der Waals surface area contributed by atoms with Crippen molar-refractivity contribution in [2.75, 3.05) is 26.9 Å². The van der Waals surface area contributed by atoms with Crippen molar-refractivity contribution < 1.29 is 32.5 Å². The van der Waals surface area contributed by atoms with Gasteiger partial charge in [0.15, 0.2) is 0 Å². The van der Waals surface area contributed by atoms with Crippen LogP contribution in [0.4, 0.5) is 8.78 Å². The number of nitrogens with zero attached hydrogens (tertiary/aromatic N) is 2. The zero-order valence-electron chi connectivity index (χ0n) is 19.3. The van der Waals surface area contributed by atoms with Crippen molar-refractivity contribution in [1.29, 1.82) is 0 Å². The maximum absolute atomic E-state index is 13.2. The lowest BCUT2D eigenvalue weighted by Crippen LogP contribution is -2.26. The summed E-state index contributed by atoms with van der Waals surface area (Å²) < 4.78 is 49.8. The number of halogens is 2. The van der Waals surface area contributed by atoms with Gasteiger partial charge >= 0.3 is 6.61 Å². The molecule has 1 atom stereocenters. The monoisotopic (exact) mass is 487 g/mol. The maximum atomic E-state index is 13.2. The SMILES string of the molecule is COc1cc(-c2cnc3cc(OCC4CCCOC4)ccn23)cc(OC(F)F)c1C(=O)NC1CC1. The molecule has 1 N–H and O–H groups in total. The van der Waals surface area contributed by atoms with Gasteiger partial charge < -0.3 is 24.3 Å². The second-order valence-electron chi connectivity index (χ2n) is 8.81. The molecule has 35 heavy (non-hydrogen) atoms. The summed E-state index contributed by atoms with van der Waals surface area (Å²) in [6, 6.07) is 6.72. The van der Waals surface area contributed by atoms with Crippen LogP contribution < -0.4 is 19.5 Å². The number of hydrogen-bond donors (Lipinski definition) is 1. The van der Waals surface area contributed by atoms with Crippen LogP contribution in [-0.2, 0) is 4.74 Å². The Kier molecular flexibility index (Phi) is 6.72. The molecule has 1 aliphatic heterocycles. The standard InChI is InChI=1S/C25H27F2N3O5/c1-32-20-9-16(10-21(35-25(26)27)23(20)24(31)29-17-4-5-17)19-12-28-22-11-18(6-7-30(19)22)34-14-15-3-2-8-33-13-15/h6-7,9-12,15,17,25H,2-5,8,13-14H2,1H3,(H,29,31). The molecule has 0 radical (unpaired) electrons. The van der Waals surface area contributed by atoms with Crippen molar-refractivity contribution in [3.8, 4) is 28.5 Å². The minimum Gasteiger partial charge on any atom is -0.496 e. The second-order valence-corrected chi connectivity index (χ2v) is 8.81. The molecular formula is C25H27F2N3O5. The molecule has 1 unspecified atom stereocenters. The van der Waals surface area contributed by atoms with E-state index in [-0.39, 0.29) is 23.1 Å². The predicted molar refractivity (Wildman–Crippen MR) is 123 cm³/mol. The molecule has 1 aromatic carbocycles. The predicted octanol–water partition coefficient (Wildman–Crippen LogP) is 4.31. The topological polar surface area (TPSA) is 83.3 Å². The van der Waals surface area contributed by atoms with Gasteiger partial charge in [-0.25, -0.2) is 4.98 Å². The number of benzene rings is 1. The van der Waals surface area contributed by atoms with Gasteiger partial charge in [0.25, 0.3) is 5.91 Å². The first-order valence-corrected chi connectivity index (χ1v) is 11.7. The minimum atomic E-state index is -3.10. The fourth-order valence-corrected chi connectivity index (χ4v) is 4.21. The van der Waals surface area contributed by atoms with Gasteiger partial charge in [0.1, 0.15) is 28.5 Å². The normalized spacial score (nSPS) is 18.0. The summed E-state index contributed by atoms with van der Waals surface area (Å²) in [7, 11) is 1.38. The van der Waals surface area contributed by atoms with E-state index < -0.39 is 12.5 Å². The molecule has 5 rings (SSSR count). The number of aromatic nitrogens is 2.